The lowest BCUT2D eigenvalue weighted by atomic mass is 9.86. The third kappa shape index (κ3) is 4.51. The molecular formula is C15H20N3O2S2-. The largest absolute Gasteiger partial charge is 0.544 e. The number of thiocarbonyl (C=S) groups is 1. The van der Waals surface area contributed by atoms with Gasteiger partial charge in [0.2, 0.25) is 0 Å². The fourth-order valence-corrected chi connectivity index (χ4v) is 3.55. The van der Waals surface area contributed by atoms with Crippen molar-refractivity contribution in [1.82, 2.24) is 10.7 Å². The average Bonchev–Trinajstić information content (AvgIpc) is 2.97. The summed E-state index contributed by atoms with van der Waals surface area (Å²) in [7, 11) is 0. The molecular weight excluding hydrogens is 318 g/mol. The van der Waals surface area contributed by atoms with Gasteiger partial charge in [0.05, 0.1) is 21.4 Å². The Morgan fingerprint density at radius 2 is 2.05 bits per heavy atom. The normalized spacial score (nSPS) is 22.2. The number of thiophene rings is 1. The van der Waals surface area contributed by atoms with Crippen LogP contribution < -0.4 is 15.8 Å². The molecule has 7 heteroatoms. The van der Waals surface area contributed by atoms with Crippen LogP contribution in [0.1, 0.15) is 54.1 Å². The summed E-state index contributed by atoms with van der Waals surface area (Å²) < 4.78 is 0. The van der Waals surface area contributed by atoms with E-state index in [1.165, 1.54) is 25.3 Å². The van der Waals surface area contributed by atoms with Gasteiger partial charge in [0.1, 0.15) is 0 Å². The molecule has 2 rings (SSSR count). The summed E-state index contributed by atoms with van der Waals surface area (Å²) in [6.45, 7) is 4.05. The minimum absolute atomic E-state index is 0.196. The van der Waals surface area contributed by atoms with E-state index in [4.69, 9.17) is 12.2 Å². The Hall–Kier alpha value is -1.47. The average molecular weight is 338 g/mol. The van der Waals surface area contributed by atoms with Gasteiger partial charge in [0.25, 0.3) is 0 Å². The number of carbonyl (C=O) groups excluding carboxylic acids is 1. The zero-order chi connectivity index (χ0) is 16.1. The van der Waals surface area contributed by atoms with E-state index < -0.39 is 5.97 Å². The van der Waals surface area contributed by atoms with Crippen LogP contribution in [-0.4, -0.2) is 22.8 Å². The van der Waals surface area contributed by atoms with Gasteiger partial charge in [-0.1, -0.05) is 19.8 Å². The van der Waals surface area contributed by atoms with Crippen LogP contribution in [0.5, 0.6) is 0 Å². The maximum absolute atomic E-state index is 10.8. The molecule has 0 amide bonds. The Balaban J connectivity index is 1.89. The Morgan fingerprint density at radius 3 is 2.68 bits per heavy atom. The van der Waals surface area contributed by atoms with Gasteiger partial charge >= 0.3 is 0 Å². The van der Waals surface area contributed by atoms with Crippen molar-refractivity contribution in [3.63, 3.8) is 0 Å². The molecule has 120 valence electrons. The summed E-state index contributed by atoms with van der Waals surface area (Å²) in [6.07, 6.45) is 4.87. The van der Waals surface area contributed by atoms with Crippen LogP contribution in [0.2, 0.25) is 0 Å². The molecule has 1 aliphatic carbocycles. The van der Waals surface area contributed by atoms with Crippen LogP contribution in [0.25, 0.3) is 0 Å². The summed E-state index contributed by atoms with van der Waals surface area (Å²) >= 11 is 6.41. The molecule has 0 radical (unpaired) electrons. The third-order valence-corrected chi connectivity index (χ3v) is 5.30. The Kier molecular flexibility index (Phi) is 5.90. The van der Waals surface area contributed by atoms with Crippen molar-refractivity contribution in [3.8, 4) is 0 Å². The standard InChI is InChI=1S/C15H21N3O2S2/c1-9-5-3-4-6-11(9)16-15(21)18-17-10(2)12-7-8-13(22-12)14(19)20/h7-9,11H,3-6H2,1-2H3,(H,19,20)(H2,16,18,21)/p-1/b17-10-/t9-,11-/m0/s1. The molecule has 0 unspecified atom stereocenters. The number of carboxylic acids is 1. The first-order valence-corrected chi connectivity index (χ1v) is 8.62. The Bertz CT molecular complexity index is 583. The highest BCUT2D eigenvalue weighted by atomic mass is 32.1. The number of nitrogens with zero attached hydrogens (tertiary/aromatic N) is 1. The van der Waals surface area contributed by atoms with Gasteiger partial charge in [-0.25, -0.2) is 0 Å². The molecule has 1 aliphatic rings. The molecule has 1 aromatic rings. The topological polar surface area (TPSA) is 76.5 Å². The molecule has 1 saturated carbocycles. The smallest absolute Gasteiger partial charge is 0.187 e. The molecule has 2 atom stereocenters. The van der Waals surface area contributed by atoms with E-state index in [9.17, 15) is 9.90 Å². The molecule has 0 aromatic carbocycles. The van der Waals surface area contributed by atoms with Crippen LogP contribution in [0, 0.1) is 5.92 Å². The van der Waals surface area contributed by atoms with E-state index >= 15 is 0 Å². The van der Waals surface area contributed by atoms with E-state index in [-0.39, 0.29) is 4.88 Å². The molecule has 0 bridgehead atoms. The number of hydrogen-bond acceptors (Lipinski definition) is 5. The van der Waals surface area contributed by atoms with Crippen LogP contribution >= 0.6 is 23.6 Å². The van der Waals surface area contributed by atoms with Gasteiger partial charge in [-0.15, -0.1) is 11.3 Å². The van der Waals surface area contributed by atoms with Crippen LogP contribution in [0.3, 0.4) is 0 Å². The second-order valence-corrected chi connectivity index (χ2v) is 7.09. The number of carboxylic acid groups (broad SMARTS) is 1. The van der Waals surface area contributed by atoms with Gasteiger partial charge < -0.3 is 15.2 Å². The molecule has 1 heterocycles. The summed E-state index contributed by atoms with van der Waals surface area (Å²) in [4.78, 5) is 11.7. The van der Waals surface area contributed by atoms with Gasteiger partial charge in [-0.2, -0.15) is 5.10 Å². The summed E-state index contributed by atoms with van der Waals surface area (Å²) in [5.41, 5.74) is 3.53. The quantitative estimate of drug-likeness (QED) is 0.498. The first kappa shape index (κ1) is 16.9. The SMILES string of the molecule is C/C(=N/NC(=S)N[C@H]1CCCC[C@@H]1C)c1ccc(C(=O)[O-])s1. The van der Waals surface area contributed by atoms with Gasteiger partial charge in [-0.3, -0.25) is 5.43 Å². The minimum atomic E-state index is -1.17. The summed E-state index contributed by atoms with van der Waals surface area (Å²) in [5.74, 6) is -0.554. The van der Waals surface area contributed by atoms with Crippen molar-refractivity contribution in [2.75, 3.05) is 0 Å². The monoisotopic (exact) mass is 338 g/mol. The first-order valence-electron chi connectivity index (χ1n) is 7.39. The molecule has 0 aliphatic heterocycles. The lowest BCUT2D eigenvalue weighted by molar-refractivity contribution is -0.254. The number of hydrazone groups is 1. The Labute approximate surface area is 139 Å². The zero-order valence-electron chi connectivity index (χ0n) is 12.7. The van der Waals surface area contributed by atoms with Crippen molar-refractivity contribution in [1.29, 1.82) is 0 Å². The van der Waals surface area contributed by atoms with Crippen molar-refractivity contribution in [2.45, 2.75) is 45.6 Å². The number of rotatable bonds is 4. The summed E-state index contributed by atoms with van der Waals surface area (Å²) in [5, 5.41) is 18.8. The molecule has 1 fully saturated rings. The van der Waals surface area contributed by atoms with Crippen molar-refractivity contribution in [2.24, 2.45) is 11.0 Å². The Morgan fingerprint density at radius 1 is 1.36 bits per heavy atom. The fraction of sp³-hybridized carbons (Fsp3) is 0.533. The van der Waals surface area contributed by atoms with Crippen molar-refractivity contribution < 1.29 is 9.90 Å². The highest BCUT2D eigenvalue weighted by Gasteiger charge is 2.21. The zero-order valence-corrected chi connectivity index (χ0v) is 14.4. The molecule has 5 nitrogen and oxygen atoms in total. The predicted octanol–water partition coefficient (Wildman–Crippen LogP) is 1.88. The lowest BCUT2D eigenvalue weighted by Gasteiger charge is -2.30. The van der Waals surface area contributed by atoms with Crippen LogP contribution in [-0.2, 0) is 0 Å². The summed E-state index contributed by atoms with van der Waals surface area (Å²) in [6, 6.07) is 3.64. The van der Waals surface area contributed by atoms with Crippen molar-refractivity contribution >= 4 is 40.3 Å². The second kappa shape index (κ2) is 7.69. The van der Waals surface area contributed by atoms with E-state index in [2.05, 4.69) is 22.8 Å². The van der Waals surface area contributed by atoms with E-state index in [1.54, 1.807) is 6.07 Å². The number of aromatic carboxylic acids is 1. The molecule has 0 saturated heterocycles. The molecule has 0 spiro atoms. The molecule has 2 N–H and O–H groups in total. The fourth-order valence-electron chi connectivity index (χ4n) is 2.56. The predicted molar refractivity (Wildman–Crippen MR) is 91.1 cm³/mol. The number of hydrogen-bond donors (Lipinski definition) is 2. The maximum atomic E-state index is 10.8. The van der Waals surface area contributed by atoms with Gasteiger partial charge in [0.15, 0.2) is 5.11 Å². The van der Waals surface area contributed by atoms with Crippen LogP contribution in [0.4, 0.5) is 0 Å². The van der Waals surface area contributed by atoms with E-state index in [1.807, 2.05) is 6.92 Å². The lowest BCUT2D eigenvalue weighted by Crippen LogP contribution is -2.44. The highest BCUT2D eigenvalue weighted by molar-refractivity contribution is 7.80. The maximum Gasteiger partial charge on any atom is 0.187 e. The van der Waals surface area contributed by atoms with Crippen LogP contribution in [0.15, 0.2) is 17.2 Å². The molecule has 1 aromatic heterocycles. The van der Waals surface area contributed by atoms with Gasteiger partial charge in [0, 0.05) is 6.04 Å². The number of nitrogens with one attached hydrogen (secondary N) is 2. The first-order chi connectivity index (χ1) is 10.5. The van der Waals surface area contributed by atoms with Gasteiger partial charge in [-0.05, 0) is 50.0 Å². The minimum Gasteiger partial charge on any atom is -0.544 e. The second-order valence-electron chi connectivity index (χ2n) is 5.60. The number of carbonyl (C=O) groups is 1. The third-order valence-electron chi connectivity index (χ3n) is 3.92. The van der Waals surface area contributed by atoms with E-state index in [0.29, 0.717) is 22.8 Å². The molecule has 22 heavy (non-hydrogen) atoms. The van der Waals surface area contributed by atoms with Crippen molar-refractivity contribution in [3.05, 3.63) is 21.9 Å². The van der Waals surface area contributed by atoms with E-state index in [0.717, 1.165) is 22.6 Å². The highest BCUT2D eigenvalue weighted by Crippen LogP contribution is 2.23.